The number of rotatable bonds is 9. The van der Waals surface area contributed by atoms with Crippen LogP contribution in [0.15, 0.2) is 60.7 Å². The lowest BCUT2D eigenvalue weighted by Gasteiger charge is -2.08. The van der Waals surface area contributed by atoms with Crippen LogP contribution in [-0.2, 0) is 4.79 Å². The van der Waals surface area contributed by atoms with Gasteiger partial charge in [-0.3, -0.25) is 0 Å². The average molecular weight is 312 g/mol. The lowest BCUT2D eigenvalue weighted by atomic mass is 10.2. The molecule has 0 fully saturated rings. The Hall–Kier alpha value is -2.75. The molecule has 0 aliphatic carbocycles. The lowest BCUT2D eigenvalue weighted by Crippen LogP contribution is -2.02. The topological polar surface area (TPSA) is 55.8 Å². The summed E-state index contributed by atoms with van der Waals surface area (Å²) in [4.78, 5) is 10.4. The van der Waals surface area contributed by atoms with E-state index in [0.717, 1.165) is 36.0 Å². The molecule has 2 aromatic rings. The van der Waals surface area contributed by atoms with Crippen molar-refractivity contribution in [3.8, 4) is 11.5 Å². The van der Waals surface area contributed by atoms with Gasteiger partial charge in [-0.15, -0.1) is 0 Å². The van der Waals surface area contributed by atoms with E-state index in [9.17, 15) is 4.79 Å². The molecule has 0 saturated heterocycles. The number of unbranched alkanes of at least 4 members (excludes halogenated alkanes) is 1. The number of hydrogen-bond donors (Lipinski definition) is 1. The second-order valence-electron chi connectivity index (χ2n) is 4.96. The van der Waals surface area contributed by atoms with Crippen LogP contribution in [0.1, 0.15) is 18.4 Å². The van der Waals surface area contributed by atoms with Crippen molar-refractivity contribution in [3.63, 3.8) is 0 Å². The van der Waals surface area contributed by atoms with E-state index in [2.05, 4.69) is 0 Å². The zero-order valence-corrected chi connectivity index (χ0v) is 12.9. The van der Waals surface area contributed by atoms with E-state index in [1.54, 1.807) is 6.08 Å². The Bertz CT molecular complexity index is 618. The van der Waals surface area contributed by atoms with Crippen molar-refractivity contribution in [2.24, 2.45) is 0 Å². The maximum absolute atomic E-state index is 10.4. The lowest BCUT2D eigenvalue weighted by molar-refractivity contribution is -0.131. The molecule has 120 valence electrons. The molecule has 0 bridgehead atoms. The van der Waals surface area contributed by atoms with Crippen LogP contribution in [0.4, 0.5) is 0 Å². The van der Waals surface area contributed by atoms with Gasteiger partial charge in [0.2, 0.25) is 0 Å². The van der Waals surface area contributed by atoms with Gasteiger partial charge in [0.25, 0.3) is 0 Å². The van der Waals surface area contributed by atoms with Gasteiger partial charge in [-0.1, -0.05) is 30.3 Å². The molecule has 0 unspecified atom stereocenters. The molecule has 0 saturated carbocycles. The Morgan fingerprint density at radius 1 is 0.870 bits per heavy atom. The molecule has 0 atom stereocenters. The zero-order chi connectivity index (χ0) is 16.3. The fourth-order valence-electron chi connectivity index (χ4n) is 1.94. The van der Waals surface area contributed by atoms with Gasteiger partial charge in [0.05, 0.1) is 13.2 Å². The molecule has 4 nitrogen and oxygen atoms in total. The van der Waals surface area contributed by atoms with E-state index in [4.69, 9.17) is 14.6 Å². The second-order valence-corrected chi connectivity index (χ2v) is 4.96. The first-order valence-electron chi connectivity index (χ1n) is 7.56. The molecule has 2 rings (SSSR count). The Balaban J connectivity index is 1.61. The third-order valence-corrected chi connectivity index (χ3v) is 3.12. The predicted molar refractivity (Wildman–Crippen MR) is 89.8 cm³/mol. The number of carbonyl (C=O) groups is 1. The number of hydrogen-bond acceptors (Lipinski definition) is 3. The normalized spacial score (nSPS) is 10.6. The highest BCUT2D eigenvalue weighted by Crippen LogP contribution is 2.14. The van der Waals surface area contributed by atoms with E-state index >= 15 is 0 Å². The third-order valence-electron chi connectivity index (χ3n) is 3.12. The molecule has 1 N–H and O–H groups in total. The van der Waals surface area contributed by atoms with E-state index in [1.165, 1.54) is 0 Å². The van der Waals surface area contributed by atoms with Gasteiger partial charge in [-0.2, -0.15) is 0 Å². The maximum Gasteiger partial charge on any atom is 0.328 e. The zero-order valence-electron chi connectivity index (χ0n) is 12.9. The molecule has 0 heterocycles. The fraction of sp³-hybridized carbons (Fsp3) is 0.211. The number of aliphatic carboxylic acids is 1. The molecule has 0 radical (unpaired) electrons. The third kappa shape index (κ3) is 6.70. The number of carboxylic acids is 1. The molecule has 4 heteroatoms. The van der Waals surface area contributed by atoms with E-state index in [1.807, 2.05) is 54.6 Å². The maximum atomic E-state index is 10.4. The van der Waals surface area contributed by atoms with Crippen molar-refractivity contribution >= 4 is 12.0 Å². The van der Waals surface area contributed by atoms with Crippen molar-refractivity contribution < 1.29 is 19.4 Å². The summed E-state index contributed by atoms with van der Waals surface area (Å²) in [6, 6.07) is 17.1. The average Bonchev–Trinajstić information content (AvgIpc) is 2.58. The first-order chi connectivity index (χ1) is 11.2. The number of ether oxygens (including phenoxy) is 2. The highest BCUT2D eigenvalue weighted by atomic mass is 16.5. The summed E-state index contributed by atoms with van der Waals surface area (Å²) >= 11 is 0. The summed E-state index contributed by atoms with van der Waals surface area (Å²) in [7, 11) is 0. The number of carboxylic acid groups (broad SMARTS) is 1. The van der Waals surface area contributed by atoms with Gasteiger partial charge >= 0.3 is 5.97 Å². The van der Waals surface area contributed by atoms with Crippen LogP contribution in [-0.4, -0.2) is 24.3 Å². The van der Waals surface area contributed by atoms with Crippen LogP contribution in [0.25, 0.3) is 6.08 Å². The van der Waals surface area contributed by atoms with Crippen molar-refractivity contribution in [2.75, 3.05) is 13.2 Å². The first kappa shape index (κ1) is 16.6. The fourth-order valence-corrected chi connectivity index (χ4v) is 1.94. The van der Waals surface area contributed by atoms with Crippen LogP contribution in [0, 0.1) is 0 Å². The highest BCUT2D eigenvalue weighted by Gasteiger charge is 1.96. The molecule has 23 heavy (non-hydrogen) atoms. The Kier molecular flexibility index (Phi) is 6.72. The van der Waals surface area contributed by atoms with Gasteiger partial charge in [0.1, 0.15) is 11.5 Å². The van der Waals surface area contributed by atoms with E-state index in [0.29, 0.717) is 13.2 Å². The van der Waals surface area contributed by atoms with E-state index < -0.39 is 5.97 Å². The molecule has 0 aliphatic rings. The van der Waals surface area contributed by atoms with Crippen molar-refractivity contribution in [3.05, 3.63) is 66.2 Å². The Labute approximate surface area is 136 Å². The van der Waals surface area contributed by atoms with Gasteiger partial charge in [0.15, 0.2) is 0 Å². The van der Waals surface area contributed by atoms with E-state index in [-0.39, 0.29) is 0 Å². The number of para-hydroxylation sites is 1. The van der Waals surface area contributed by atoms with Gasteiger partial charge in [0, 0.05) is 6.08 Å². The van der Waals surface area contributed by atoms with Crippen molar-refractivity contribution in [1.82, 2.24) is 0 Å². The van der Waals surface area contributed by atoms with Gasteiger partial charge < -0.3 is 14.6 Å². The standard InChI is InChI=1S/C19H20O4/c20-19(21)13-10-16-8-11-18(12-9-16)23-15-5-4-14-22-17-6-2-1-3-7-17/h1-3,6-13H,4-5,14-15H2,(H,20,21). The van der Waals surface area contributed by atoms with Gasteiger partial charge in [-0.05, 0) is 48.7 Å². The monoisotopic (exact) mass is 312 g/mol. The van der Waals surface area contributed by atoms with Gasteiger partial charge in [-0.25, -0.2) is 4.79 Å². The summed E-state index contributed by atoms with van der Waals surface area (Å²) in [5, 5.41) is 8.57. The quantitative estimate of drug-likeness (QED) is 0.561. The molecular formula is C19H20O4. The molecular weight excluding hydrogens is 292 g/mol. The van der Waals surface area contributed by atoms with Crippen molar-refractivity contribution in [1.29, 1.82) is 0 Å². The molecule has 2 aromatic carbocycles. The van der Waals surface area contributed by atoms with Crippen LogP contribution in [0.3, 0.4) is 0 Å². The summed E-state index contributed by atoms with van der Waals surface area (Å²) in [6.45, 7) is 1.30. The molecule has 0 amide bonds. The van der Waals surface area contributed by atoms with Crippen LogP contribution < -0.4 is 9.47 Å². The van der Waals surface area contributed by atoms with Crippen LogP contribution in [0.5, 0.6) is 11.5 Å². The predicted octanol–water partition coefficient (Wildman–Crippen LogP) is 4.02. The number of benzene rings is 2. The first-order valence-corrected chi connectivity index (χ1v) is 7.56. The summed E-state index contributed by atoms with van der Waals surface area (Å²) in [6.07, 6.45) is 4.50. The largest absolute Gasteiger partial charge is 0.494 e. The molecule has 0 spiro atoms. The SMILES string of the molecule is O=C(O)C=Cc1ccc(OCCCCOc2ccccc2)cc1. The Morgan fingerprint density at radius 2 is 1.43 bits per heavy atom. The summed E-state index contributed by atoms with van der Waals surface area (Å²) in [5.74, 6) is 0.711. The second kappa shape index (κ2) is 9.30. The minimum absolute atomic E-state index is 0.627. The van der Waals surface area contributed by atoms with Crippen molar-refractivity contribution in [2.45, 2.75) is 12.8 Å². The Morgan fingerprint density at radius 3 is 2.00 bits per heavy atom. The summed E-state index contributed by atoms with van der Waals surface area (Å²) in [5.41, 5.74) is 0.830. The molecule has 0 aromatic heterocycles. The highest BCUT2D eigenvalue weighted by molar-refractivity contribution is 5.85. The smallest absolute Gasteiger partial charge is 0.328 e. The molecule has 0 aliphatic heterocycles. The minimum Gasteiger partial charge on any atom is -0.494 e. The van der Waals surface area contributed by atoms with Crippen LogP contribution in [0.2, 0.25) is 0 Å². The summed E-state index contributed by atoms with van der Waals surface area (Å²) < 4.78 is 11.3. The minimum atomic E-state index is -0.956. The van der Waals surface area contributed by atoms with Crippen LogP contribution >= 0.6 is 0 Å².